The van der Waals surface area contributed by atoms with Gasteiger partial charge in [-0.05, 0) is 56.5 Å². The largest absolute Gasteiger partial charge is 0.465 e. The zero-order valence-electron chi connectivity index (χ0n) is 23.1. The molecule has 10 nitrogen and oxygen atoms in total. The third-order valence-electron chi connectivity index (χ3n) is 7.44. The van der Waals surface area contributed by atoms with E-state index < -0.39 is 24.1 Å². The van der Waals surface area contributed by atoms with Gasteiger partial charge in [-0.1, -0.05) is 30.3 Å². The molecule has 41 heavy (non-hydrogen) atoms. The van der Waals surface area contributed by atoms with Crippen LogP contribution in [0, 0.1) is 5.82 Å². The Kier molecular flexibility index (Phi) is 8.16. The molecule has 2 aromatic carbocycles. The number of carboxylic acid groups (broad SMARTS) is 1. The molecule has 0 spiro atoms. The topological polar surface area (TPSA) is 117 Å². The van der Waals surface area contributed by atoms with Gasteiger partial charge in [0.25, 0.3) is 0 Å². The molecular weight excluding hydrogens is 527 g/mol. The third kappa shape index (κ3) is 5.99. The minimum atomic E-state index is -1.04. The van der Waals surface area contributed by atoms with Crippen LogP contribution in [0.25, 0.3) is 11.3 Å². The molecule has 3 atom stereocenters. The van der Waals surface area contributed by atoms with E-state index in [1.54, 1.807) is 35.0 Å². The first kappa shape index (κ1) is 28.0. The van der Waals surface area contributed by atoms with Crippen LogP contribution in [0.3, 0.4) is 0 Å². The molecule has 0 bridgehead atoms. The number of amides is 1. The summed E-state index contributed by atoms with van der Waals surface area (Å²) in [6.07, 6.45) is 3.41. The van der Waals surface area contributed by atoms with Gasteiger partial charge in [0.15, 0.2) is 11.6 Å². The van der Waals surface area contributed by atoms with Crippen LogP contribution < -0.4 is 9.64 Å². The molecule has 214 valence electrons. The van der Waals surface area contributed by atoms with Crippen molar-refractivity contribution in [3.8, 4) is 22.8 Å². The summed E-state index contributed by atoms with van der Waals surface area (Å²) in [5.41, 5.74) is 2.09. The highest BCUT2D eigenvalue weighted by Gasteiger charge is 2.41. The van der Waals surface area contributed by atoms with E-state index >= 15 is 0 Å². The van der Waals surface area contributed by atoms with E-state index in [9.17, 15) is 19.4 Å². The van der Waals surface area contributed by atoms with E-state index in [2.05, 4.69) is 15.1 Å². The van der Waals surface area contributed by atoms with Gasteiger partial charge in [0.2, 0.25) is 0 Å². The molecule has 2 N–H and O–H groups in total. The molecule has 0 radical (unpaired) electrons. The van der Waals surface area contributed by atoms with Crippen LogP contribution in [-0.4, -0.2) is 66.2 Å². The van der Waals surface area contributed by atoms with Gasteiger partial charge in [-0.2, -0.15) is 5.10 Å². The van der Waals surface area contributed by atoms with Crippen LogP contribution >= 0.6 is 0 Å². The van der Waals surface area contributed by atoms with E-state index in [0.29, 0.717) is 35.0 Å². The number of anilines is 1. The lowest BCUT2D eigenvalue weighted by atomic mass is 10.1. The van der Waals surface area contributed by atoms with Gasteiger partial charge in [-0.25, -0.2) is 19.2 Å². The maximum absolute atomic E-state index is 14.4. The predicted octanol–water partition coefficient (Wildman–Crippen LogP) is 5.36. The van der Waals surface area contributed by atoms with Crippen molar-refractivity contribution in [1.29, 1.82) is 0 Å². The Morgan fingerprint density at radius 2 is 1.93 bits per heavy atom. The van der Waals surface area contributed by atoms with Crippen LogP contribution in [0.2, 0.25) is 0 Å². The highest BCUT2D eigenvalue weighted by Crippen LogP contribution is 2.39. The quantitative estimate of drug-likeness (QED) is 0.281. The first-order valence-electron chi connectivity index (χ1n) is 13.5. The molecule has 1 fully saturated rings. The number of hydrogen-bond donors (Lipinski definition) is 2. The summed E-state index contributed by atoms with van der Waals surface area (Å²) < 4.78 is 22.5. The lowest BCUT2D eigenvalue weighted by Crippen LogP contribution is -2.40. The Labute approximate surface area is 237 Å². The molecule has 1 amide bonds. The van der Waals surface area contributed by atoms with Gasteiger partial charge in [0.1, 0.15) is 17.9 Å². The van der Waals surface area contributed by atoms with Crippen LogP contribution in [0.1, 0.15) is 38.3 Å². The third-order valence-corrected chi connectivity index (χ3v) is 7.44. The molecule has 2 heterocycles. The number of halogens is 1. The fourth-order valence-electron chi connectivity index (χ4n) is 5.42. The number of benzene rings is 2. The minimum Gasteiger partial charge on any atom is -0.465 e. The molecule has 1 aliphatic rings. The van der Waals surface area contributed by atoms with Gasteiger partial charge >= 0.3 is 6.09 Å². The van der Waals surface area contributed by atoms with E-state index in [1.807, 2.05) is 44.2 Å². The number of aromatic nitrogens is 4. The fraction of sp³-hybridized carbons (Fsp3) is 0.333. The minimum absolute atomic E-state index is 0.0435. The predicted molar refractivity (Wildman–Crippen MR) is 151 cm³/mol. The van der Waals surface area contributed by atoms with Crippen molar-refractivity contribution in [3.63, 3.8) is 0 Å². The fourth-order valence-corrected chi connectivity index (χ4v) is 5.42. The Morgan fingerprint density at radius 3 is 2.66 bits per heavy atom. The number of aliphatic hydroxyl groups excluding tert-OH is 1. The second-order valence-corrected chi connectivity index (χ2v) is 10.5. The summed E-state index contributed by atoms with van der Waals surface area (Å²) in [5, 5.41) is 25.4. The van der Waals surface area contributed by atoms with Crippen LogP contribution in [0.15, 0.2) is 73.3 Å². The molecule has 11 heteroatoms. The molecule has 4 aromatic rings. The lowest BCUT2D eigenvalue weighted by molar-refractivity contribution is 0.112. The number of carbonyl (C=O) groups is 1. The number of likely N-dealkylation sites (N-methyl/N-ethyl adjacent to an activating group) is 1. The molecule has 1 saturated carbocycles. The van der Waals surface area contributed by atoms with Gasteiger partial charge in [-0.3, -0.25) is 4.68 Å². The Balaban J connectivity index is 1.40. The van der Waals surface area contributed by atoms with Crippen molar-refractivity contribution in [3.05, 3.63) is 84.7 Å². The summed E-state index contributed by atoms with van der Waals surface area (Å²) in [6, 6.07) is 14.7. The molecular formula is C30H33FN6O4. The number of rotatable bonds is 9. The Hall–Kier alpha value is -4.51. The summed E-state index contributed by atoms with van der Waals surface area (Å²) in [4.78, 5) is 23.9. The second kappa shape index (κ2) is 11.9. The standard InChI is InChI=1S/C30H33FN6O4/c1-19(2)37-24(11-12-34-37)23-13-21(31)9-10-27(23)41-28-16-32-18-33-29(28)35(3)25-14-22(15-26(25)38)36(30(39)40)17-20-7-5-4-6-8-20/h4-13,16,18-19,22,25-26,38H,14-15,17H2,1-3H3,(H,39,40)/t22-,25+,26-/m1/s1. The average molecular weight is 561 g/mol. The maximum atomic E-state index is 14.4. The van der Waals surface area contributed by atoms with Crippen LogP contribution in [0.5, 0.6) is 11.5 Å². The van der Waals surface area contributed by atoms with E-state index in [1.165, 1.54) is 29.6 Å². The Morgan fingerprint density at radius 1 is 1.15 bits per heavy atom. The second-order valence-electron chi connectivity index (χ2n) is 10.5. The van der Waals surface area contributed by atoms with Crippen molar-refractivity contribution in [1.82, 2.24) is 24.6 Å². The number of aliphatic hydroxyl groups is 1. The monoisotopic (exact) mass is 560 g/mol. The summed E-state index contributed by atoms with van der Waals surface area (Å²) in [5.74, 6) is 0.711. The van der Waals surface area contributed by atoms with Crippen LogP contribution in [-0.2, 0) is 6.54 Å². The Bertz CT molecular complexity index is 1500. The molecule has 0 unspecified atom stereocenters. The highest BCUT2D eigenvalue weighted by molar-refractivity contribution is 5.69. The summed E-state index contributed by atoms with van der Waals surface area (Å²) >= 11 is 0. The van der Waals surface area contributed by atoms with Gasteiger partial charge in [0, 0.05) is 37.4 Å². The van der Waals surface area contributed by atoms with E-state index in [-0.39, 0.29) is 25.0 Å². The van der Waals surface area contributed by atoms with E-state index in [4.69, 9.17) is 4.74 Å². The first-order chi connectivity index (χ1) is 19.7. The molecule has 1 aliphatic carbocycles. The molecule has 0 saturated heterocycles. The smallest absolute Gasteiger partial charge is 0.407 e. The van der Waals surface area contributed by atoms with Crippen molar-refractivity contribution >= 4 is 11.9 Å². The lowest BCUT2D eigenvalue weighted by Gasteiger charge is -2.30. The summed E-state index contributed by atoms with van der Waals surface area (Å²) in [6.45, 7) is 4.20. The summed E-state index contributed by atoms with van der Waals surface area (Å²) in [7, 11) is 1.78. The van der Waals surface area contributed by atoms with E-state index in [0.717, 1.165) is 5.56 Å². The zero-order chi connectivity index (χ0) is 29.1. The molecule has 0 aliphatic heterocycles. The van der Waals surface area contributed by atoms with Gasteiger partial charge in [-0.15, -0.1) is 0 Å². The number of nitrogens with zero attached hydrogens (tertiary/aromatic N) is 6. The van der Waals surface area contributed by atoms with Crippen molar-refractivity contribution in [2.75, 3.05) is 11.9 Å². The van der Waals surface area contributed by atoms with Gasteiger partial charge in [0.05, 0.1) is 24.0 Å². The molecule has 2 aromatic heterocycles. The number of hydrogen-bond acceptors (Lipinski definition) is 7. The van der Waals surface area contributed by atoms with Crippen LogP contribution in [0.4, 0.5) is 15.0 Å². The maximum Gasteiger partial charge on any atom is 0.407 e. The first-order valence-corrected chi connectivity index (χ1v) is 13.5. The number of ether oxygens (including phenoxy) is 1. The molecule has 5 rings (SSSR count). The zero-order valence-corrected chi connectivity index (χ0v) is 23.1. The van der Waals surface area contributed by atoms with Gasteiger partial charge < -0.3 is 24.7 Å². The SMILES string of the molecule is CC(C)n1nccc1-c1cc(F)ccc1Oc1cncnc1N(C)[C@H]1C[C@@H](N(Cc2ccccc2)C(=O)O)C[C@H]1O. The average Bonchev–Trinajstić information content (AvgIpc) is 3.60. The highest BCUT2D eigenvalue weighted by atomic mass is 19.1. The van der Waals surface area contributed by atoms with Crippen molar-refractivity contribution in [2.45, 2.75) is 57.5 Å². The normalized spacial score (nSPS) is 18.4. The van der Waals surface area contributed by atoms with Crippen molar-refractivity contribution in [2.24, 2.45) is 0 Å². The van der Waals surface area contributed by atoms with Crippen molar-refractivity contribution < 1.29 is 24.1 Å².